The minimum absolute atomic E-state index is 0.276. The maximum absolute atomic E-state index is 5.55. The second kappa shape index (κ2) is 7.25. The van der Waals surface area contributed by atoms with Crippen LogP contribution in [0.25, 0.3) is 0 Å². The van der Waals surface area contributed by atoms with Gasteiger partial charge in [-0.1, -0.05) is 24.1 Å². The van der Waals surface area contributed by atoms with E-state index in [4.69, 9.17) is 15.9 Å². The van der Waals surface area contributed by atoms with E-state index in [1.807, 2.05) is 49.4 Å². The van der Waals surface area contributed by atoms with Gasteiger partial charge in [0.05, 0.1) is 7.11 Å². The molecule has 21 heavy (non-hydrogen) atoms. The van der Waals surface area contributed by atoms with Crippen molar-refractivity contribution >= 4 is 5.69 Å². The summed E-state index contributed by atoms with van der Waals surface area (Å²) in [5.41, 5.74) is 3.28. The number of para-hydroxylation sites is 1. The van der Waals surface area contributed by atoms with Crippen LogP contribution >= 0.6 is 0 Å². The van der Waals surface area contributed by atoms with Crippen LogP contribution in [0, 0.1) is 19.3 Å². The molecular formula is C18H19NO2. The van der Waals surface area contributed by atoms with Crippen molar-refractivity contribution in [2.45, 2.75) is 13.5 Å². The molecule has 0 saturated carbocycles. The van der Waals surface area contributed by atoms with E-state index in [9.17, 15) is 0 Å². The quantitative estimate of drug-likeness (QED) is 0.820. The Bertz CT molecular complexity index is 644. The number of benzene rings is 2. The summed E-state index contributed by atoms with van der Waals surface area (Å²) in [6.07, 6.45) is 5.24. The number of methoxy groups -OCH3 is 1. The van der Waals surface area contributed by atoms with Crippen LogP contribution in [0.1, 0.15) is 11.1 Å². The Morgan fingerprint density at radius 2 is 2.00 bits per heavy atom. The fraction of sp³-hybridized carbons (Fsp3) is 0.222. The number of hydrogen-bond donors (Lipinski definition) is 1. The Kier molecular flexibility index (Phi) is 5.11. The SMILES string of the molecule is C#CCOc1ccccc1CNc1ccc(OC)cc1C. The van der Waals surface area contributed by atoms with Gasteiger partial charge in [0, 0.05) is 17.8 Å². The van der Waals surface area contributed by atoms with Crippen LogP contribution in [0.4, 0.5) is 5.69 Å². The molecule has 0 fully saturated rings. The van der Waals surface area contributed by atoms with Crippen LogP contribution in [0.2, 0.25) is 0 Å². The van der Waals surface area contributed by atoms with E-state index in [-0.39, 0.29) is 6.61 Å². The topological polar surface area (TPSA) is 30.5 Å². The number of hydrogen-bond acceptors (Lipinski definition) is 3. The second-order valence-corrected chi connectivity index (χ2v) is 4.63. The second-order valence-electron chi connectivity index (χ2n) is 4.63. The summed E-state index contributed by atoms with van der Waals surface area (Å²) >= 11 is 0. The van der Waals surface area contributed by atoms with Crippen molar-refractivity contribution in [1.29, 1.82) is 0 Å². The molecule has 0 unspecified atom stereocenters. The molecule has 2 aromatic rings. The van der Waals surface area contributed by atoms with Crippen molar-refractivity contribution in [1.82, 2.24) is 0 Å². The fourth-order valence-electron chi connectivity index (χ4n) is 2.06. The van der Waals surface area contributed by atoms with Crippen LogP contribution in [0.5, 0.6) is 11.5 Å². The fourth-order valence-corrected chi connectivity index (χ4v) is 2.06. The van der Waals surface area contributed by atoms with Crippen molar-refractivity contribution in [3.63, 3.8) is 0 Å². The van der Waals surface area contributed by atoms with Gasteiger partial charge in [0.1, 0.15) is 18.1 Å². The molecule has 0 atom stereocenters. The Labute approximate surface area is 125 Å². The highest BCUT2D eigenvalue weighted by atomic mass is 16.5. The molecule has 0 saturated heterocycles. The van der Waals surface area contributed by atoms with Crippen molar-refractivity contribution in [2.24, 2.45) is 0 Å². The lowest BCUT2D eigenvalue weighted by atomic mass is 10.1. The zero-order valence-corrected chi connectivity index (χ0v) is 12.3. The summed E-state index contributed by atoms with van der Waals surface area (Å²) in [6.45, 7) is 3.00. The van der Waals surface area contributed by atoms with E-state index in [2.05, 4.69) is 11.2 Å². The minimum atomic E-state index is 0.276. The normalized spacial score (nSPS) is 9.76. The Morgan fingerprint density at radius 1 is 1.19 bits per heavy atom. The third-order valence-corrected chi connectivity index (χ3v) is 3.19. The monoisotopic (exact) mass is 281 g/mol. The Hall–Kier alpha value is -2.60. The zero-order chi connectivity index (χ0) is 15.1. The van der Waals surface area contributed by atoms with E-state index >= 15 is 0 Å². The number of nitrogens with one attached hydrogen (secondary N) is 1. The van der Waals surface area contributed by atoms with Crippen LogP contribution in [-0.4, -0.2) is 13.7 Å². The first-order valence-corrected chi connectivity index (χ1v) is 6.77. The lowest BCUT2D eigenvalue weighted by molar-refractivity contribution is 0.366. The standard InChI is InChI=1S/C18H19NO2/c1-4-11-21-18-8-6-5-7-15(18)13-19-17-10-9-16(20-3)12-14(17)2/h1,5-10,12,19H,11,13H2,2-3H3. The first kappa shape index (κ1) is 14.8. The predicted octanol–water partition coefficient (Wildman–Crippen LogP) is 3.63. The predicted molar refractivity (Wildman–Crippen MR) is 85.8 cm³/mol. The molecule has 3 nitrogen and oxygen atoms in total. The van der Waals surface area contributed by atoms with E-state index in [0.29, 0.717) is 6.54 Å². The van der Waals surface area contributed by atoms with Crippen LogP contribution in [0.3, 0.4) is 0 Å². The summed E-state index contributed by atoms with van der Waals surface area (Å²) in [5, 5.41) is 3.41. The molecule has 0 spiro atoms. The molecule has 108 valence electrons. The van der Waals surface area contributed by atoms with Gasteiger partial charge in [-0.15, -0.1) is 6.42 Å². The summed E-state index contributed by atoms with van der Waals surface area (Å²) in [5.74, 6) is 4.15. The molecule has 0 aliphatic rings. The van der Waals surface area contributed by atoms with Gasteiger partial charge in [-0.2, -0.15) is 0 Å². The van der Waals surface area contributed by atoms with Crippen LogP contribution in [0.15, 0.2) is 42.5 Å². The molecule has 0 aromatic heterocycles. The molecule has 2 rings (SSSR count). The summed E-state index contributed by atoms with van der Waals surface area (Å²) in [7, 11) is 1.67. The van der Waals surface area contributed by atoms with E-state index in [1.54, 1.807) is 7.11 Å². The smallest absolute Gasteiger partial charge is 0.148 e. The average Bonchev–Trinajstić information content (AvgIpc) is 2.52. The molecule has 3 heteroatoms. The van der Waals surface area contributed by atoms with Crippen LogP contribution < -0.4 is 14.8 Å². The highest BCUT2D eigenvalue weighted by Gasteiger charge is 2.04. The molecule has 0 bridgehead atoms. The maximum atomic E-state index is 5.55. The number of terminal acetylenes is 1. The van der Waals surface area contributed by atoms with Crippen LogP contribution in [-0.2, 0) is 6.54 Å². The van der Waals surface area contributed by atoms with Crippen molar-refractivity contribution in [3.05, 3.63) is 53.6 Å². The molecule has 1 N–H and O–H groups in total. The van der Waals surface area contributed by atoms with Gasteiger partial charge in [0.2, 0.25) is 0 Å². The van der Waals surface area contributed by atoms with Crippen molar-refractivity contribution in [3.8, 4) is 23.8 Å². The highest BCUT2D eigenvalue weighted by molar-refractivity contribution is 5.54. The third kappa shape index (κ3) is 3.93. The van der Waals surface area contributed by atoms with E-state index in [1.165, 1.54) is 0 Å². The Balaban J connectivity index is 2.08. The van der Waals surface area contributed by atoms with E-state index < -0.39 is 0 Å². The van der Waals surface area contributed by atoms with Gasteiger partial charge in [-0.3, -0.25) is 0 Å². The van der Waals surface area contributed by atoms with Crippen molar-refractivity contribution in [2.75, 3.05) is 19.0 Å². The number of ether oxygens (including phenoxy) is 2. The maximum Gasteiger partial charge on any atom is 0.148 e. The molecule has 0 aliphatic carbocycles. The lowest BCUT2D eigenvalue weighted by Gasteiger charge is -2.13. The van der Waals surface area contributed by atoms with E-state index in [0.717, 1.165) is 28.3 Å². The third-order valence-electron chi connectivity index (χ3n) is 3.19. The Morgan fingerprint density at radius 3 is 2.71 bits per heavy atom. The molecule has 0 heterocycles. The first-order chi connectivity index (χ1) is 10.2. The summed E-state index contributed by atoms with van der Waals surface area (Å²) < 4.78 is 10.8. The highest BCUT2D eigenvalue weighted by Crippen LogP contribution is 2.23. The zero-order valence-electron chi connectivity index (χ0n) is 12.3. The van der Waals surface area contributed by atoms with Crippen molar-refractivity contribution < 1.29 is 9.47 Å². The van der Waals surface area contributed by atoms with Gasteiger partial charge >= 0.3 is 0 Å². The summed E-state index contributed by atoms with van der Waals surface area (Å²) in [4.78, 5) is 0. The van der Waals surface area contributed by atoms with Gasteiger partial charge in [-0.25, -0.2) is 0 Å². The largest absolute Gasteiger partial charge is 0.497 e. The minimum Gasteiger partial charge on any atom is -0.497 e. The molecule has 0 amide bonds. The first-order valence-electron chi connectivity index (χ1n) is 6.77. The average molecular weight is 281 g/mol. The number of aryl methyl sites for hydroxylation is 1. The molecular weight excluding hydrogens is 262 g/mol. The lowest BCUT2D eigenvalue weighted by Crippen LogP contribution is -2.04. The number of anilines is 1. The van der Waals surface area contributed by atoms with Gasteiger partial charge in [0.25, 0.3) is 0 Å². The van der Waals surface area contributed by atoms with Gasteiger partial charge in [-0.05, 0) is 36.8 Å². The summed E-state index contributed by atoms with van der Waals surface area (Å²) in [6, 6.07) is 13.8. The number of rotatable bonds is 6. The molecule has 2 aromatic carbocycles. The van der Waals surface area contributed by atoms with Gasteiger partial charge in [0.15, 0.2) is 0 Å². The molecule has 0 aliphatic heterocycles. The molecule has 0 radical (unpaired) electrons. The van der Waals surface area contributed by atoms with Gasteiger partial charge < -0.3 is 14.8 Å².